The highest BCUT2D eigenvalue weighted by atomic mass is 32.1. The standard InChI is InChI=1S/C17H20N4OS/c1-9(2)15-19-20-17-21(15)12(5)14(23-17)16(22)18-13-8-6-7-10(3)11(13)4/h6-9H,1-5H3,(H,18,22). The number of nitrogens with one attached hydrogen (secondary N) is 1. The number of carbonyl (C=O) groups is 1. The molecule has 0 fully saturated rings. The van der Waals surface area contributed by atoms with Crippen LogP contribution in [0.3, 0.4) is 0 Å². The van der Waals surface area contributed by atoms with Crippen molar-refractivity contribution >= 4 is 27.9 Å². The maximum atomic E-state index is 12.7. The van der Waals surface area contributed by atoms with E-state index in [0.29, 0.717) is 4.88 Å². The molecule has 23 heavy (non-hydrogen) atoms. The van der Waals surface area contributed by atoms with Crippen LogP contribution in [-0.4, -0.2) is 20.5 Å². The first-order chi connectivity index (χ1) is 10.9. The van der Waals surface area contributed by atoms with Gasteiger partial charge in [0.2, 0.25) is 4.96 Å². The van der Waals surface area contributed by atoms with Crippen molar-refractivity contribution in [3.05, 3.63) is 45.7 Å². The first-order valence-corrected chi connectivity index (χ1v) is 8.43. The topological polar surface area (TPSA) is 59.3 Å². The minimum absolute atomic E-state index is 0.0959. The first kappa shape index (κ1) is 15.7. The normalized spacial score (nSPS) is 11.4. The highest BCUT2D eigenvalue weighted by molar-refractivity contribution is 7.19. The minimum Gasteiger partial charge on any atom is -0.321 e. The molecule has 0 saturated carbocycles. The summed E-state index contributed by atoms with van der Waals surface area (Å²) in [7, 11) is 0. The predicted molar refractivity (Wildman–Crippen MR) is 93.6 cm³/mol. The van der Waals surface area contributed by atoms with Gasteiger partial charge >= 0.3 is 0 Å². The second-order valence-electron chi connectivity index (χ2n) is 6.05. The summed E-state index contributed by atoms with van der Waals surface area (Å²) < 4.78 is 1.98. The number of hydrogen-bond acceptors (Lipinski definition) is 4. The molecule has 0 saturated heterocycles. The van der Waals surface area contributed by atoms with E-state index in [1.165, 1.54) is 11.3 Å². The van der Waals surface area contributed by atoms with E-state index in [-0.39, 0.29) is 11.8 Å². The van der Waals surface area contributed by atoms with Crippen molar-refractivity contribution in [1.29, 1.82) is 0 Å². The van der Waals surface area contributed by atoms with Crippen LogP contribution in [0, 0.1) is 20.8 Å². The van der Waals surface area contributed by atoms with Crippen LogP contribution in [0.4, 0.5) is 5.69 Å². The number of carbonyl (C=O) groups excluding carboxylic acids is 1. The van der Waals surface area contributed by atoms with E-state index in [1.54, 1.807) is 0 Å². The fraction of sp³-hybridized carbons (Fsp3) is 0.353. The Morgan fingerprint density at radius 2 is 1.96 bits per heavy atom. The Hall–Kier alpha value is -2.21. The number of thiazole rings is 1. The van der Waals surface area contributed by atoms with Gasteiger partial charge in [0.25, 0.3) is 5.91 Å². The van der Waals surface area contributed by atoms with Crippen molar-refractivity contribution in [3.8, 4) is 0 Å². The minimum atomic E-state index is -0.0959. The van der Waals surface area contributed by atoms with E-state index in [4.69, 9.17) is 0 Å². The van der Waals surface area contributed by atoms with Gasteiger partial charge in [0, 0.05) is 17.3 Å². The Morgan fingerprint density at radius 3 is 2.65 bits per heavy atom. The van der Waals surface area contributed by atoms with E-state index in [2.05, 4.69) is 29.4 Å². The number of aryl methyl sites for hydroxylation is 2. The maximum absolute atomic E-state index is 12.7. The SMILES string of the molecule is Cc1cccc(NC(=O)c2sc3nnc(C(C)C)n3c2C)c1C. The lowest BCUT2D eigenvalue weighted by molar-refractivity contribution is 0.102. The summed E-state index contributed by atoms with van der Waals surface area (Å²) in [5, 5.41) is 11.4. The molecule has 6 heteroatoms. The molecule has 0 aliphatic carbocycles. The highest BCUT2D eigenvalue weighted by Crippen LogP contribution is 2.27. The number of rotatable bonds is 3. The van der Waals surface area contributed by atoms with Gasteiger partial charge in [0.05, 0.1) is 0 Å². The zero-order chi connectivity index (χ0) is 16.7. The summed E-state index contributed by atoms with van der Waals surface area (Å²) in [4.78, 5) is 14.1. The van der Waals surface area contributed by atoms with Gasteiger partial charge in [-0.05, 0) is 38.0 Å². The lowest BCUT2D eigenvalue weighted by atomic mass is 10.1. The molecule has 0 unspecified atom stereocenters. The van der Waals surface area contributed by atoms with Crippen LogP contribution < -0.4 is 5.32 Å². The Morgan fingerprint density at radius 1 is 1.22 bits per heavy atom. The van der Waals surface area contributed by atoms with Crippen LogP contribution >= 0.6 is 11.3 Å². The molecule has 0 aliphatic heterocycles. The molecular formula is C17H20N4OS. The molecule has 0 atom stereocenters. The van der Waals surface area contributed by atoms with E-state index in [9.17, 15) is 4.79 Å². The maximum Gasteiger partial charge on any atom is 0.267 e. The molecule has 3 aromatic rings. The molecule has 0 aliphatic rings. The number of hydrogen-bond donors (Lipinski definition) is 1. The van der Waals surface area contributed by atoms with Gasteiger partial charge in [0.1, 0.15) is 10.7 Å². The van der Waals surface area contributed by atoms with Gasteiger partial charge < -0.3 is 5.32 Å². The Kier molecular flexibility index (Phi) is 3.93. The van der Waals surface area contributed by atoms with E-state index < -0.39 is 0 Å². The van der Waals surface area contributed by atoms with Crippen LogP contribution in [0.5, 0.6) is 0 Å². The van der Waals surface area contributed by atoms with Gasteiger partial charge in [-0.3, -0.25) is 9.20 Å². The number of aromatic nitrogens is 3. The van der Waals surface area contributed by atoms with Gasteiger partial charge in [-0.25, -0.2) is 0 Å². The van der Waals surface area contributed by atoms with Crippen LogP contribution in [-0.2, 0) is 0 Å². The summed E-state index contributed by atoms with van der Waals surface area (Å²) in [6, 6.07) is 5.91. The van der Waals surface area contributed by atoms with Crippen molar-refractivity contribution in [3.63, 3.8) is 0 Å². The summed E-state index contributed by atoms with van der Waals surface area (Å²) >= 11 is 1.38. The fourth-order valence-corrected chi connectivity index (χ4v) is 3.55. The summed E-state index contributed by atoms with van der Waals surface area (Å²) in [5.41, 5.74) is 3.99. The third-order valence-electron chi connectivity index (χ3n) is 4.09. The number of benzene rings is 1. The first-order valence-electron chi connectivity index (χ1n) is 7.62. The molecule has 0 bridgehead atoms. The van der Waals surface area contributed by atoms with Crippen molar-refractivity contribution in [1.82, 2.24) is 14.6 Å². The molecule has 5 nitrogen and oxygen atoms in total. The Balaban J connectivity index is 1.98. The molecule has 0 radical (unpaired) electrons. The number of anilines is 1. The Labute approximate surface area is 139 Å². The van der Waals surface area contributed by atoms with Crippen molar-refractivity contribution < 1.29 is 4.79 Å². The molecule has 0 spiro atoms. The summed E-state index contributed by atoms with van der Waals surface area (Å²) in [6.45, 7) is 10.1. The van der Waals surface area contributed by atoms with Gasteiger partial charge in [-0.15, -0.1) is 10.2 Å². The molecule has 1 aromatic carbocycles. The molecule has 1 amide bonds. The zero-order valence-corrected chi connectivity index (χ0v) is 14.8. The predicted octanol–water partition coefficient (Wildman–Crippen LogP) is 4.09. The third kappa shape index (κ3) is 2.63. The lowest BCUT2D eigenvalue weighted by Crippen LogP contribution is -2.13. The van der Waals surface area contributed by atoms with Crippen LogP contribution in [0.15, 0.2) is 18.2 Å². The van der Waals surface area contributed by atoms with E-state index >= 15 is 0 Å². The average molecular weight is 328 g/mol. The number of nitrogens with zero attached hydrogens (tertiary/aromatic N) is 3. The largest absolute Gasteiger partial charge is 0.321 e. The summed E-state index contributed by atoms with van der Waals surface area (Å²) in [5.74, 6) is 1.05. The van der Waals surface area contributed by atoms with Crippen LogP contribution in [0.2, 0.25) is 0 Å². The van der Waals surface area contributed by atoms with Crippen molar-refractivity contribution in [2.24, 2.45) is 0 Å². The quantitative estimate of drug-likeness (QED) is 0.787. The smallest absolute Gasteiger partial charge is 0.267 e. The second kappa shape index (κ2) is 5.77. The molecule has 2 aromatic heterocycles. The van der Waals surface area contributed by atoms with Crippen molar-refractivity contribution in [2.45, 2.75) is 40.5 Å². The van der Waals surface area contributed by atoms with Gasteiger partial charge in [-0.1, -0.05) is 37.3 Å². The number of fused-ring (bicyclic) bond motifs is 1. The fourth-order valence-electron chi connectivity index (χ4n) is 2.58. The summed E-state index contributed by atoms with van der Waals surface area (Å²) in [6.07, 6.45) is 0. The van der Waals surface area contributed by atoms with Crippen molar-refractivity contribution in [2.75, 3.05) is 5.32 Å². The molecule has 1 N–H and O–H groups in total. The molecule has 3 rings (SSSR count). The van der Waals surface area contributed by atoms with Crippen LogP contribution in [0.1, 0.15) is 52.1 Å². The Bertz CT molecular complexity index is 892. The monoisotopic (exact) mass is 328 g/mol. The van der Waals surface area contributed by atoms with Crippen LogP contribution in [0.25, 0.3) is 4.96 Å². The zero-order valence-electron chi connectivity index (χ0n) is 14.0. The average Bonchev–Trinajstić information content (AvgIpc) is 3.04. The second-order valence-corrected chi connectivity index (χ2v) is 7.03. The molecular weight excluding hydrogens is 308 g/mol. The molecule has 120 valence electrons. The van der Waals surface area contributed by atoms with Gasteiger partial charge in [0.15, 0.2) is 0 Å². The highest BCUT2D eigenvalue weighted by Gasteiger charge is 2.21. The van der Waals surface area contributed by atoms with E-state index in [1.807, 2.05) is 43.4 Å². The lowest BCUT2D eigenvalue weighted by Gasteiger charge is -2.10. The number of amides is 1. The third-order valence-corrected chi connectivity index (χ3v) is 5.22. The van der Waals surface area contributed by atoms with Gasteiger partial charge in [-0.2, -0.15) is 0 Å². The molecule has 2 heterocycles. The van der Waals surface area contributed by atoms with E-state index in [0.717, 1.165) is 33.3 Å².